The number of aromatic amines is 2. The first-order chi connectivity index (χ1) is 13.5. The Bertz CT molecular complexity index is 1070. The Kier molecular flexibility index (Phi) is 4.92. The highest BCUT2D eigenvalue weighted by atomic mass is 19.1. The van der Waals surface area contributed by atoms with E-state index < -0.39 is 11.6 Å². The molecule has 2 aromatic carbocycles. The lowest BCUT2D eigenvalue weighted by atomic mass is 10.2. The molecule has 0 amide bonds. The van der Waals surface area contributed by atoms with Crippen LogP contribution in [-0.2, 0) is 0 Å². The molecular formula is C21H22F2N4O. The number of hydrogen-bond acceptors (Lipinski definition) is 3. The van der Waals surface area contributed by atoms with Crippen molar-refractivity contribution < 1.29 is 13.5 Å². The number of fused-ring (bicyclic) bond motifs is 3. The summed E-state index contributed by atoms with van der Waals surface area (Å²) >= 11 is 0. The lowest BCUT2D eigenvalue weighted by Gasteiger charge is -2.10. The molecule has 0 radical (unpaired) electrons. The van der Waals surface area contributed by atoms with E-state index in [-0.39, 0.29) is 5.69 Å². The van der Waals surface area contributed by atoms with Crippen molar-refractivity contribution in [2.24, 2.45) is 0 Å². The summed E-state index contributed by atoms with van der Waals surface area (Å²) in [7, 11) is 4.08. The number of nitrogens with one attached hydrogen (secondary N) is 3. The minimum atomic E-state index is -0.520. The molecular weight excluding hydrogens is 362 g/mol. The first-order valence-corrected chi connectivity index (χ1v) is 9.13. The standard InChI is InChI=1S/C21H22F2N4O/c1-27(2)8-3-9-28-15-5-6-16-13(10-15)11-17-20(16)25-26-21(17)24-19-12-14(22)4-7-18(19)23/h4-7,10-12,24-26H,3,8-9H2,1-2H3. The van der Waals surface area contributed by atoms with Gasteiger partial charge in [0, 0.05) is 23.6 Å². The fourth-order valence-electron chi connectivity index (χ4n) is 3.27. The molecule has 1 aliphatic heterocycles. The Hall–Kier alpha value is -3.06. The average molecular weight is 384 g/mol. The summed E-state index contributed by atoms with van der Waals surface area (Å²) in [4.78, 5) is 2.12. The molecule has 0 saturated heterocycles. The number of ether oxygens (including phenoxy) is 1. The average Bonchev–Trinajstić information content (AvgIpc) is 3.21. The van der Waals surface area contributed by atoms with Crippen molar-refractivity contribution in [1.82, 2.24) is 15.1 Å². The summed E-state index contributed by atoms with van der Waals surface area (Å²) in [6.07, 6.45) is 0.953. The molecule has 5 nitrogen and oxygen atoms in total. The van der Waals surface area contributed by atoms with E-state index in [2.05, 4.69) is 20.4 Å². The van der Waals surface area contributed by atoms with E-state index in [0.29, 0.717) is 12.4 Å². The van der Waals surface area contributed by atoms with Crippen LogP contribution in [0.4, 0.5) is 20.3 Å². The van der Waals surface area contributed by atoms with Gasteiger partial charge in [-0.25, -0.2) is 8.78 Å². The maximum atomic E-state index is 13.9. The first-order valence-electron chi connectivity index (χ1n) is 9.13. The smallest absolute Gasteiger partial charge is 0.146 e. The topological polar surface area (TPSA) is 56.1 Å². The van der Waals surface area contributed by atoms with E-state index in [1.807, 2.05) is 38.4 Å². The zero-order chi connectivity index (χ0) is 19.7. The van der Waals surface area contributed by atoms with Gasteiger partial charge in [0.15, 0.2) is 0 Å². The monoisotopic (exact) mass is 384 g/mol. The predicted molar refractivity (Wildman–Crippen MR) is 108 cm³/mol. The van der Waals surface area contributed by atoms with Crippen molar-refractivity contribution in [2.75, 3.05) is 32.6 Å². The number of halogens is 2. The Morgan fingerprint density at radius 2 is 1.89 bits per heavy atom. The number of anilines is 2. The Morgan fingerprint density at radius 1 is 1.04 bits per heavy atom. The van der Waals surface area contributed by atoms with E-state index in [1.54, 1.807) is 0 Å². The second kappa shape index (κ2) is 7.52. The van der Waals surface area contributed by atoms with Crippen LogP contribution in [0, 0.1) is 11.6 Å². The molecule has 28 heavy (non-hydrogen) atoms. The second-order valence-corrected chi connectivity index (χ2v) is 7.06. The highest BCUT2D eigenvalue weighted by Gasteiger charge is 2.18. The third-order valence-corrected chi connectivity index (χ3v) is 4.65. The van der Waals surface area contributed by atoms with E-state index in [9.17, 15) is 8.78 Å². The molecule has 4 rings (SSSR count). The number of rotatable bonds is 7. The summed E-state index contributed by atoms with van der Waals surface area (Å²) in [6.45, 7) is 1.63. The van der Waals surface area contributed by atoms with Crippen LogP contribution in [0.25, 0.3) is 22.0 Å². The molecule has 2 aromatic rings. The van der Waals surface area contributed by atoms with Gasteiger partial charge in [0.05, 0.1) is 18.0 Å². The van der Waals surface area contributed by atoms with Crippen molar-refractivity contribution in [3.05, 3.63) is 54.1 Å². The molecule has 0 spiro atoms. The van der Waals surface area contributed by atoms with E-state index >= 15 is 0 Å². The van der Waals surface area contributed by atoms with E-state index in [1.165, 1.54) is 0 Å². The molecule has 0 aromatic heterocycles. The number of nitrogens with zero attached hydrogens (tertiary/aromatic N) is 1. The van der Waals surface area contributed by atoms with Gasteiger partial charge in [-0.05, 0) is 62.3 Å². The molecule has 7 heteroatoms. The van der Waals surface area contributed by atoms with Gasteiger partial charge in [-0.3, -0.25) is 10.2 Å². The lowest BCUT2D eigenvalue weighted by Crippen LogP contribution is -2.15. The second-order valence-electron chi connectivity index (χ2n) is 7.06. The van der Waals surface area contributed by atoms with Crippen molar-refractivity contribution >= 4 is 22.3 Å². The maximum absolute atomic E-state index is 13.9. The third-order valence-electron chi connectivity index (χ3n) is 4.65. The third kappa shape index (κ3) is 3.66. The van der Waals surface area contributed by atoms with Crippen LogP contribution < -0.4 is 10.1 Å². The lowest BCUT2D eigenvalue weighted by molar-refractivity contribution is 0.282. The van der Waals surface area contributed by atoms with Crippen LogP contribution in [0.2, 0.25) is 0 Å². The van der Waals surface area contributed by atoms with Gasteiger partial charge >= 0.3 is 0 Å². The van der Waals surface area contributed by atoms with Gasteiger partial charge in [0.25, 0.3) is 0 Å². The summed E-state index contributed by atoms with van der Waals surface area (Å²) in [5.41, 5.74) is 1.84. The van der Waals surface area contributed by atoms with Gasteiger partial charge in [-0.1, -0.05) is 0 Å². The Balaban J connectivity index is 1.57. The molecule has 0 bridgehead atoms. The van der Waals surface area contributed by atoms with Crippen molar-refractivity contribution in [1.29, 1.82) is 0 Å². The fourth-order valence-corrected chi connectivity index (χ4v) is 3.27. The number of benzene rings is 2. The Morgan fingerprint density at radius 3 is 2.71 bits per heavy atom. The zero-order valence-corrected chi connectivity index (χ0v) is 15.8. The first kappa shape index (κ1) is 18.3. The molecule has 2 aliphatic rings. The van der Waals surface area contributed by atoms with Gasteiger partial charge in [-0.15, -0.1) is 0 Å². The van der Waals surface area contributed by atoms with Crippen molar-refractivity contribution in [2.45, 2.75) is 6.42 Å². The van der Waals surface area contributed by atoms with E-state index in [4.69, 9.17) is 4.74 Å². The van der Waals surface area contributed by atoms with Gasteiger partial charge < -0.3 is 15.0 Å². The van der Waals surface area contributed by atoms with Gasteiger partial charge in [-0.2, -0.15) is 0 Å². The molecule has 1 heterocycles. The minimum absolute atomic E-state index is 0.0762. The Labute approximate surface area is 161 Å². The predicted octanol–water partition coefficient (Wildman–Crippen LogP) is 4.95. The van der Waals surface area contributed by atoms with Crippen LogP contribution in [0.5, 0.6) is 5.75 Å². The number of hydrogen-bond donors (Lipinski definition) is 3. The fraction of sp³-hybridized carbons (Fsp3) is 0.238. The SMILES string of the molecule is CN(C)CCCOc1ccc2c3[nH][nH]c(Nc4cc(F)ccc4F)c-3cc2c1. The molecule has 0 unspecified atom stereocenters. The molecule has 0 saturated carbocycles. The summed E-state index contributed by atoms with van der Waals surface area (Å²) in [5.74, 6) is 0.366. The van der Waals surface area contributed by atoms with Crippen molar-refractivity contribution in [3.8, 4) is 17.0 Å². The number of aromatic nitrogens is 2. The van der Waals surface area contributed by atoms with Crippen LogP contribution in [-0.4, -0.2) is 42.3 Å². The molecule has 146 valence electrons. The van der Waals surface area contributed by atoms with Gasteiger partial charge in [0.1, 0.15) is 23.2 Å². The van der Waals surface area contributed by atoms with Gasteiger partial charge in [0.2, 0.25) is 0 Å². The molecule has 1 aliphatic carbocycles. The van der Waals surface area contributed by atoms with Crippen LogP contribution >= 0.6 is 0 Å². The van der Waals surface area contributed by atoms with E-state index in [0.717, 1.165) is 58.9 Å². The van der Waals surface area contributed by atoms with Crippen molar-refractivity contribution in [3.63, 3.8) is 0 Å². The van der Waals surface area contributed by atoms with Crippen LogP contribution in [0.3, 0.4) is 0 Å². The highest BCUT2D eigenvalue weighted by Crippen LogP contribution is 2.39. The summed E-state index contributed by atoms with van der Waals surface area (Å²) in [6, 6.07) is 11.2. The summed E-state index contributed by atoms with van der Waals surface area (Å²) in [5, 5.41) is 11.1. The molecule has 0 atom stereocenters. The largest absolute Gasteiger partial charge is 0.494 e. The minimum Gasteiger partial charge on any atom is -0.494 e. The molecule has 3 N–H and O–H groups in total. The van der Waals surface area contributed by atoms with Crippen LogP contribution in [0.15, 0.2) is 42.5 Å². The normalized spacial score (nSPS) is 11.6. The highest BCUT2D eigenvalue weighted by molar-refractivity contribution is 6.04. The quantitative estimate of drug-likeness (QED) is 0.395. The van der Waals surface area contributed by atoms with Crippen LogP contribution in [0.1, 0.15) is 6.42 Å². The maximum Gasteiger partial charge on any atom is 0.146 e. The zero-order valence-electron chi connectivity index (χ0n) is 15.8. The molecule has 0 fully saturated rings. The number of H-pyrrole nitrogens is 2. The summed E-state index contributed by atoms with van der Waals surface area (Å²) < 4.78 is 33.2.